The Morgan fingerprint density at radius 3 is 2.57 bits per heavy atom. The lowest BCUT2D eigenvalue weighted by Gasteiger charge is -2.22. The maximum absolute atomic E-state index is 12.7. The molecule has 1 amide bonds. The van der Waals surface area contributed by atoms with E-state index in [2.05, 4.69) is 17.3 Å². The Kier molecular flexibility index (Phi) is 3.78. The van der Waals surface area contributed by atoms with Gasteiger partial charge in [0.25, 0.3) is 0 Å². The summed E-state index contributed by atoms with van der Waals surface area (Å²) in [7, 11) is 0. The molecule has 1 aromatic carbocycles. The number of carbonyl (C=O) groups excluding carboxylic acids is 1. The highest BCUT2D eigenvalue weighted by Crippen LogP contribution is 2.29. The lowest BCUT2D eigenvalue weighted by atomic mass is 10.1. The molecule has 3 rings (SSSR count). The molecule has 0 bridgehead atoms. The van der Waals surface area contributed by atoms with Gasteiger partial charge in [-0.15, -0.1) is 0 Å². The summed E-state index contributed by atoms with van der Waals surface area (Å²) in [6, 6.07) is 10.6. The minimum atomic E-state index is 0.163. The van der Waals surface area contributed by atoms with E-state index in [0.29, 0.717) is 19.0 Å². The molecule has 0 radical (unpaired) electrons. The monoisotopic (exact) mass is 284 g/mol. The zero-order chi connectivity index (χ0) is 14.8. The molecule has 4 nitrogen and oxygen atoms in total. The highest BCUT2D eigenvalue weighted by atomic mass is 16.5. The van der Waals surface area contributed by atoms with Crippen LogP contribution >= 0.6 is 0 Å². The van der Waals surface area contributed by atoms with Crippen molar-refractivity contribution in [2.45, 2.75) is 45.7 Å². The topological polar surface area (TPSA) is 46.3 Å². The van der Waals surface area contributed by atoms with Gasteiger partial charge in [0.1, 0.15) is 5.76 Å². The van der Waals surface area contributed by atoms with Crippen molar-refractivity contribution >= 4 is 5.91 Å². The van der Waals surface area contributed by atoms with Crippen molar-refractivity contribution in [2.75, 3.05) is 0 Å². The van der Waals surface area contributed by atoms with Gasteiger partial charge in [-0.05, 0) is 32.3 Å². The second kappa shape index (κ2) is 5.72. The fourth-order valence-electron chi connectivity index (χ4n) is 2.59. The van der Waals surface area contributed by atoms with Crippen molar-refractivity contribution in [3.8, 4) is 0 Å². The molecule has 21 heavy (non-hydrogen) atoms. The summed E-state index contributed by atoms with van der Waals surface area (Å²) in [6.45, 7) is 4.44. The van der Waals surface area contributed by atoms with Crippen LogP contribution in [0.3, 0.4) is 0 Å². The van der Waals surface area contributed by atoms with Crippen molar-refractivity contribution in [2.24, 2.45) is 0 Å². The fourth-order valence-corrected chi connectivity index (χ4v) is 2.59. The number of hydrogen-bond donors (Lipinski definition) is 0. The first-order valence-corrected chi connectivity index (χ1v) is 7.40. The van der Waals surface area contributed by atoms with E-state index in [1.165, 1.54) is 5.56 Å². The van der Waals surface area contributed by atoms with Crippen LogP contribution in [0.5, 0.6) is 0 Å². The molecule has 1 aliphatic carbocycles. The van der Waals surface area contributed by atoms with E-state index in [0.717, 1.165) is 29.9 Å². The molecule has 0 aliphatic heterocycles. The molecule has 1 fully saturated rings. The van der Waals surface area contributed by atoms with Gasteiger partial charge in [-0.3, -0.25) is 4.79 Å². The number of rotatable bonds is 5. The Balaban J connectivity index is 1.73. The molecule has 4 heteroatoms. The second-order valence-electron chi connectivity index (χ2n) is 5.72. The average molecular weight is 284 g/mol. The maximum atomic E-state index is 12.7. The van der Waals surface area contributed by atoms with Crippen molar-refractivity contribution < 1.29 is 9.32 Å². The normalized spacial score (nSPS) is 14.2. The number of aromatic nitrogens is 1. The number of amides is 1. The molecule has 0 N–H and O–H groups in total. The third kappa shape index (κ3) is 3.15. The summed E-state index contributed by atoms with van der Waals surface area (Å²) < 4.78 is 5.15. The first-order valence-electron chi connectivity index (χ1n) is 7.40. The molecule has 0 saturated heterocycles. The number of nitrogens with zero attached hydrogens (tertiary/aromatic N) is 2. The smallest absolute Gasteiger partial charge is 0.227 e. The van der Waals surface area contributed by atoms with Crippen LogP contribution in [0, 0.1) is 13.8 Å². The Hall–Kier alpha value is -2.10. The Morgan fingerprint density at radius 1 is 1.29 bits per heavy atom. The van der Waals surface area contributed by atoms with Crippen LogP contribution < -0.4 is 0 Å². The van der Waals surface area contributed by atoms with Crippen LogP contribution in [0.25, 0.3) is 0 Å². The van der Waals surface area contributed by atoms with Gasteiger partial charge in [0, 0.05) is 18.2 Å². The van der Waals surface area contributed by atoms with Crippen molar-refractivity contribution in [3.63, 3.8) is 0 Å². The number of hydrogen-bond acceptors (Lipinski definition) is 3. The zero-order valence-electron chi connectivity index (χ0n) is 12.5. The Labute approximate surface area is 124 Å². The molecule has 0 spiro atoms. The third-order valence-corrected chi connectivity index (χ3v) is 4.01. The molecule has 110 valence electrons. The van der Waals surface area contributed by atoms with Crippen LogP contribution in [-0.2, 0) is 17.8 Å². The van der Waals surface area contributed by atoms with Crippen LogP contribution in [0.4, 0.5) is 0 Å². The quantitative estimate of drug-likeness (QED) is 0.848. The summed E-state index contributed by atoms with van der Waals surface area (Å²) in [5, 5.41) is 3.93. The highest BCUT2D eigenvalue weighted by Gasteiger charge is 2.33. The molecule has 1 heterocycles. The Morgan fingerprint density at radius 2 is 2.00 bits per heavy atom. The zero-order valence-corrected chi connectivity index (χ0v) is 12.5. The van der Waals surface area contributed by atoms with E-state index in [-0.39, 0.29) is 5.91 Å². The molecule has 2 aromatic rings. The van der Waals surface area contributed by atoms with Crippen molar-refractivity contribution in [1.82, 2.24) is 10.1 Å². The van der Waals surface area contributed by atoms with E-state index in [4.69, 9.17) is 4.52 Å². The molecule has 1 aliphatic rings. The standard InChI is InChI=1S/C17H20N2O2/c1-12-16(13(2)21-18-12)10-17(20)19(15-8-9-15)11-14-6-4-3-5-7-14/h3-7,15H,8-11H2,1-2H3. The van der Waals surface area contributed by atoms with E-state index in [1.807, 2.05) is 36.9 Å². The van der Waals surface area contributed by atoms with E-state index < -0.39 is 0 Å². The van der Waals surface area contributed by atoms with Gasteiger partial charge in [-0.1, -0.05) is 35.5 Å². The molecule has 1 saturated carbocycles. The predicted octanol–water partition coefficient (Wildman–Crippen LogP) is 3.03. The molecular weight excluding hydrogens is 264 g/mol. The van der Waals surface area contributed by atoms with Gasteiger partial charge >= 0.3 is 0 Å². The first kappa shape index (κ1) is 13.9. The van der Waals surface area contributed by atoms with Gasteiger partial charge < -0.3 is 9.42 Å². The van der Waals surface area contributed by atoms with Crippen molar-refractivity contribution in [1.29, 1.82) is 0 Å². The Bertz CT molecular complexity index is 610. The van der Waals surface area contributed by atoms with Crippen LogP contribution in [0.1, 0.15) is 35.4 Å². The van der Waals surface area contributed by atoms with Gasteiger partial charge in [0.05, 0.1) is 12.1 Å². The van der Waals surface area contributed by atoms with Gasteiger partial charge in [-0.25, -0.2) is 0 Å². The SMILES string of the molecule is Cc1noc(C)c1CC(=O)N(Cc1ccccc1)C1CC1. The van der Waals surface area contributed by atoms with Crippen LogP contribution in [0.15, 0.2) is 34.9 Å². The van der Waals surface area contributed by atoms with E-state index >= 15 is 0 Å². The minimum Gasteiger partial charge on any atom is -0.361 e. The fraction of sp³-hybridized carbons (Fsp3) is 0.412. The largest absolute Gasteiger partial charge is 0.361 e. The average Bonchev–Trinajstić information content (AvgIpc) is 3.28. The van der Waals surface area contributed by atoms with Gasteiger partial charge in [0.2, 0.25) is 5.91 Å². The van der Waals surface area contributed by atoms with E-state index in [1.54, 1.807) is 0 Å². The van der Waals surface area contributed by atoms with E-state index in [9.17, 15) is 4.79 Å². The molecular formula is C17H20N2O2. The number of aryl methyl sites for hydroxylation is 2. The number of carbonyl (C=O) groups is 1. The molecule has 1 aromatic heterocycles. The van der Waals surface area contributed by atoms with Gasteiger partial charge in [0.15, 0.2) is 0 Å². The predicted molar refractivity (Wildman–Crippen MR) is 79.7 cm³/mol. The second-order valence-corrected chi connectivity index (χ2v) is 5.72. The van der Waals surface area contributed by atoms with Crippen LogP contribution in [-0.4, -0.2) is 22.0 Å². The minimum absolute atomic E-state index is 0.163. The summed E-state index contributed by atoms with van der Waals surface area (Å²) in [5.41, 5.74) is 2.92. The first-order chi connectivity index (χ1) is 10.1. The molecule has 0 atom stereocenters. The highest BCUT2D eigenvalue weighted by molar-refractivity contribution is 5.79. The van der Waals surface area contributed by atoms with Crippen molar-refractivity contribution in [3.05, 3.63) is 52.9 Å². The number of benzene rings is 1. The lowest BCUT2D eigenvalue weighted by Crippen LogP contribution is -2.34. The third-order valence-electron chi connectivity index (χ3n) is 4.01. The van der Waals surface area contributed by atoms with Crippen LogP contribution in [0.2, 0.25) is 0 Å². The summed E-state index contributed by atoms with van der Waals surface area (Å²) in [6.07, 6.45) is 2.60. The summed E-state index contributed by atoms with van der Waals surface area (Å²) >= 11 is 0. The summed E-state index contributed by atoms with van der Waals surface area (Å²) in [4.78, 5) is 14.7. The summed E-state index contributed by atoms with van der Waals surface area (Å²) in [5.74, 6) is 0.909. The lowest BCUT2D eigenvalue weighted by molar-refractivity contribution is -0.131. The maximum Gasteiger partial charge on any atom is 0.227 e. The van der Waals surface area contributed by atoms with Gasteiger partial charge in [-0.2, -0.15) is 0 Å². The molecule has 0 unspecified atom stereocenters.